The SMILES string of the molecule is [2H]c1c([2H])c2c(c([2H])c1-c1cccc(-c3c([2H])c([2H])c4c(c3[2H])C(C([2H])([2H])[2H])(C([2H])([2H])[2H])C([2H])([2H])C([2H])([2H])C4(C([2H])([2H])[2H])C([2H])([2H])[2H])c1-[n+]1[c-]n(-c3cccc(Oc4ccc5c6ccccc6n(-c6cc7c(cn6)-c6ccccc6[Si]7(C([2H])([2H])[2H])C([2H])([2H])[2H])c5c4)c3)c3ccccc31)C(C([2H])([2H])[2H])(C([2H])([2H])[2H])C([2H])([2H])C([2H])([2H])C2(C([2H])([2H])[2H])C([2H])([2H])[2H]. The summed E-state index contributed by atoms with van der Waals surface area (Å²) in [5.41, 5.74) is -30.6. The first kappa shape index (κ1) is 20.8. The van der Waals surface area contributed by atoms with Crippen LogP contribution in [0.25, 0.3) is 83.4 Å². The molecule has 0 saturated carbocycles. The highest BCUT2D eigenvalue weighted by atomic mass is 28.3. The number of rotatable bonds is 7. The van der Waals surface area contributed by atoms with Crippen molar-refractivity contribution in [1.82, 2.24) is 14.1 Å². The molecule has 2 aliphatic carbocycles. The van der Waals surface area contributed by atoms with Crippen LogP contribution in [-0.2, 0) is 21.7 Å². The molecule has 3 aromatic heterocycles. The van der Waals surface area contributed by atoms with Gasteiger partial charge in [0.25, 0.3) is 6.33 Å². The number of aromatic nitrogens is 4. The molecule has 5 nitrogen and oxygen atoms in total. The number of hydrogen-bond acceptors (Lipinski definition) is 2. The molecule has 4 heterocycles. The van der Waals surface area contributed by atoms with Crippen LogP contribution in [0.15, 0.2) is 182 Å². The van der Waals surface area contributed by atoms with Crippen LogP contribution < -0.4 is 19.7 Å². The highest BCUT2D eigenvalue weighted by Gasteiger charge is 2.40. The summed E-state index contributed by atoms with van der Waals surface area (Å²) in [4.78, 5) is 4.85. The third-order valence-corrected chi connectivity index (χ3v) is 16.9. The number of hydrogen-bond donors (Lipinski definition) is 0. The van der Waals surface area contributed by atoms with Gasteiger partial charge in [0.05, 0.1) is 41.7 Å². The minimum Gasteiger partial charge on any atom is -0.458 e. The molecule has 0 amide bonds. The van der Waals surface area contributed by atoms with E-state index in [1.54, 1.807) is 59.2 Å². The van der Waals surface area contributed by atoms with Gasteiger partial charge < -0.3 is 4.74 Å². The first-order chi connectivity index (χ1) is 55.5. The molecule has 3 aliphatic rings. The van der Waals surface area contributed by atoms with E-state index in [0.29, 0.717) is 32.9 Å². The van der Waals surface area contributed by atoms with Gasteiger partial charge in [-0.1, -0.05) is 195 Å². The Balaban J connectivity index is 1.09. The molecular formula is C72H68N4OSi. The maximum absolute atomic E-state index is 10.4. The molecule has 386 valence electrons. The van der Waals surface area contributed by atoms with Crippen LogP contribution in [0.3, 0.4) is 0 Å². The predicted molar refractivity (Wildman–Crippen MR) is 326 cm³/mol. The highest BCUT2D eigenvalue weighted by molar-refractivity contribution is 7.03. The van der Waals surface area contributed by atoms with E-state index in [2.05, 4.69) is 6.33 Å². The van der Waals surface area contributed by atoms with E-state index in [0.717, 1.165) is 22.8 Å². The van der Waals surface area contributed by atoms with Gasteiger partial charge in [-0.3, -0.25) is 13.7 Å². The zero-order valence-electron chi connectivity index (χ0n) is 84.6. The molecule has 0 fully saturated rings. The third-order valence-electron chi connectivity index (χ3n) is 14.5. The topological polar surface area (TPSA) is 35.9 Å². The number of nitrogens with zero attached hydrogens (tertiary/aromatic N) is 4. The van der Waals surface area contributed by atoms with E-state index in [1.807, 2.05) is 6.07 Å². The Labute approximate surface area is 522 Å². The number of fused-ring (bicyclic) bond motifs is 9. The predicted octanol–water partition coefficient (Wildman–Crippen LogP) is 16.8. The van der Waals surface area contributed by atoms with Crippen LogP contribution in [0.2, 0.25) is 13.0 Å². The van der Waals surface area contributed by atoms with Crippen molar-refractivity contribution >= 4 is 51.3 Å². The van der Waals surface area contributed by atoms with Gasteiger partial charge in [0.2, 0.25) is 0 Å². The maximum Gasteiger partial charge on any atom is 0.269 e. The Hall–Kier alpha value is -7.80. The second-order valence-corrected chi connectivity index (χ2v) is 22.1. The van der Waals surface area contributed by atoms with Gasteiger partial charge >= 0.3 is 0 Å². The molecule has 0 spiro atoms. The van der Waals surface area contributed by atoms with Crippen molar-refractivity contribution in [1.29, 1.82) is 0 Å². The van der Waals surface area contributed by atoms with Crippen LogP contribution in [0, 0.1) is 6.33 Å². The monoisotopic (exact) mass is 1080 g/mol. The molecule has 1 aliphatic heterocycles. The van der Waals surface area contributed by atoms with Gasteiger partial charge in [-0.25, -0.2) is 4.98 Å². The Morgan fingerprint density at radius 1 is 0.551 bits per heavy atom. The molecular weight excluding hydrogens is 965 g/mol. The second kappa shape index (κ2) is 17.1. The fraction of sp³-hybridized carbons (Fsp3) is 0.250. The highest BCUT2D eigenvalue weighted by Crippen LogP contribution is 2.50. The van der Waals surface area contributed by atoms with Crippen LogP contribution in [0.5, 0.6) is 11.5 Å². The van der Waals surface area contributed by atoms with Gasteiger partial charge in [-0.15, -0.1) is 0 Å². The lowest BCUT2D eigenvalue weighted by Crippen LogP contribution is -2.49. The van der Waals surface area contributed by atoms with E-state index in [9.17, 15) is 19.2 Å². The summed E-state index contributed by atoms with van der Waals surface area (Å²) in [6.07, 6.45) is -14.9. The van der Waals surface area contributed by atoms with Crippen molar-refractivity contribution in [2.24, 2.45) is 0 Å². The van der Waals surface area contributed by atoms with Crippen LogP contribution in [0.1, 0.15) is 163 Å². The van der Waals surface area contributed by atoms with Crippen molar-refractivity contribution in [3.8, 4) is 62.1 Å². The Morgan fingerprint density at radius 3 is 1.83 bits per heavy atom. The van der Waals surface area contributed by atoms with Gasteiger partial charge in [0, 0.05) is 75.1 Å². The van der Waals surface area contributed by atoms with Gasteiger partial charge in [0.1, 0.15) is 25.4 Å². The summed E-state index contributed by atoms with van der Waals surface area (Å²) in [5.74, 6) is 0.263. The molecule has 0 unspecified atom stereocenters. The largest absolute Gasteiger partial charge is 0.458 e. The number of imidazole rings is 1. The van der Waals surface area contributed by atoms with Crippen molar-refractivity contribution in [2.75, 3.05) is 0 Å². The van der Waals surface area contributed by atoms with Crippen molar-refractivity contribution in [3.05, 3.63) is 211 Å². The molecule has 78 heavy (non-hydrogen) atoms. The van der Waals surface area contributed by atoms with E-state index in [4.69, 9.17) is 50.8 Å². The average molecular weight is 1080 g/mol. The summed E-state index contributed by atoms with van der Waals surface area (Å²) < 4.78 is 417. The second-order valence-electron chi connectivity index (χ2n) is 19.5. The zero-order chi connectivity index (χ0) is 91.1. The molecule has 0 saturated heterocycles. The zero-order valence-corrected chi connectivity index (χ0v) is 41.6. The molecule has 0 bridgehead atoms. The molecule has 0 radical (unpaired) electrons. The number of benzene rings is 8. The van der Waals surface area contributed by atoms with E-state index >= 15 is 0 Å². The summed E-state index contributed by atoms with van der Waals surface area (Å²) in [7, 11) is -4.73. The Kier molecular flexibility index (Phi) is 4.55. The molecule has 0 N–H and O–H groups in total. The van der Waals surface area contributed by atoms with E-state index in [-0.39, 0.29) is 44.4 Å². The quantitative estimate of drug-likeness (QED) is 0.0906. The first-order valence-electron chi connectivity index (χ1n) is 46.3. The Morgan fingerprint density at radius 2 is 1.14 bits per heavy atom. The maximum atomic E-state index is 10.4. The molecule has 11 aromatic rings. The van der Waals surface area contributed by atoms with Gasteiger partial charge in [-0.05, 0) is 156 Å². The van der Waals surface area contributed by atoms with Gasteiger partial charge in [0.15, 0.2) is 0 Å². The standard InChI is InChI=1S/C72H68N4OSi/c1-69(2)35-37-71(5,6)59-39-46(29-33-57(59)69)51-23-18-24-52(47-30-34-58-60(40-47)72(7,8)38-36-70(58,3)4)68(51)75-45-74(62-26-14-15-27-63(62)75)48-19-17-20-49(41-48)77-50-31-32-54-53-21-11-13-25-61(53)76(64(54)42-50)67-43-66-56(44-73-67)55-22-12-16-28-65(55)78(66,9)10/h11-34,39-44H,35-38H2,1-10H3/i1D3,2D3,3D3,4D3,5D3,6D3,7D3,8D3,9D3,10D3,29D,30D,33D,34D,35D2,36D2,37D2,38D2,39D,40D. The van der Waals surface area contributed by atoms with Crippen LogP contribution >= 0.6 is 0 Å². The average Bonchev–Trinajstić information content (AvgIpc) is 0.818. The Bertz CT molecular complexity index is 5960. The first-order valence-corrected chi connectivity index (χ1v) is 26.3. The number of ether oxygens (including phenoxy) is 1. The van der Waals surface area contributed by atoms with Crippen molar-refractivity contribution < 1.29 is 69.6 Å². The van der Waals surface area contributed by atoms with Crippen LogP contribution in [0.4, 0.5) is 0 Å². The van der Waals surface area contributed by atoms with Crippen LogP contribution in [-0.4, -0.2) is 22.2 Å². The lowest BCUT2D eigenvalue weighted by molar-refractivity contribution is -0.571. The third kappa shape index (κ3) is 7.46. The summed E-state index contributed by atoms with van der Waals surface area (Å²) >= 11 is 0. The van der Waals surface area contributed by atoms with Crippen molar-refractivity contribution in [3.63, 3.8) is 0 Å². The molecule has 14 rings (SSSR count). The number of pyridine rings is 1. The lowest BCUT2D eigenvalue weighted by atomic mass is 9.62. The molecule has 0 atom stereocenters. The lowest BCUT2D eigenvalue weighted by Gasteiger charge is -2.42. The smallest absolute Gasteiger partial charge is 0.269 e. The normalized spacial score (nSPS) is 29.6. The van der Waals surface area contributed by atoms with Crippen molar-refractivity contribution in [2.45, 2.75) is 115 Å². The number of para-hydroxylation sites is 4. The molecule has 6 heteroatoms. The fourth-order valence-corrected chi connectivity index (χ4v) is 13.0. The van der Waals surface area contributed by atoms with Gasteiger partial charge in [-0.2, -0.15) is 0 Å². The summed E-state index contributed by atoms with van der Waals surface area (Å²) in [5, 5.41) is 1.58. The fourth-order valence-electron chi connectivity index (χ4n) is 10.8. The summed E-state index contributed by atoms with van der Waals surface area (Å²) in [6, 6.07) is 23.3. The minimum atomic E-state index is -4.88. The molecule has 8 aromatic carbocycles. The minimum absolute atomic E-state index is 0.00945. The summed E-state index contributed by atoms with van der Waals surface area (Å²) in [6.45, 7) is -42.7. The van der Waals surface area contributed by atoms with E-state index < -0.39 is 209 Å². The van der Waals surface area contributed by atoms with E-state index in [1.165, 1.54) is 71.4 Å².